The van der Waals surface area contributed by atoms with Gasteiger partial charge in [-0.25, -0.2) is 0 Å². The Kier molecular flexibility index (Phi) is 3.70. The maximum absolute atomic E-state index is 12.1. The van der Waals surface area contributed by atoms with Gasteiger partial charge in [-0.15, -0.1) is 0 Å². The molecule has 1 aromatic rings. The van der Waals surface area contributed by atoms with Gasteiger partial charge in [-0.1, -0.05) is 24.3 Å². The zero-order valence-corrected chi connectivity index (χ0v) is 12.3. The van der Waals surface area contributed by atoms with Crippen molar-refractivity contribution in [3.8, 4) is 0 Å². The van der Waals surface area contributed by atoms with Gasteiger partial charge >= 0.3 is 0 Å². The first-order valence-electron chi connectivity index (χ1n) is 6.32. The second-order valence-electron chi connectivity index (χ2n) is 6.02. The van der Waals surface area contributed by atoms with Gasteiger partial charge in [0.1, 0.15) is 0 Å². The minimum atomic E-state index is -3.58. The van der Waals surface area contributed by atoms with Crippen molar-refractivity contribution in [1.82, 2.24) is 9.44 Å². The molecule has 0 radical (unpaired) electrons. The van der Waals surface area contributed by atoms with Crippen molar-refractivity contribution in [2.75, 3.05) is 0 Å². The van der Waals surface area contributed by atoms with Crippen molar-refractivity contribution in [3.05, 3.63) is 35.4 Å². The molecule has 0 aliphatic heterocycles. The SMILES string of the molecule is CC(C)(C)NS(=O)(=O)NC1c2ccccc2CC1N. The fourth-order valence-electron chi connectivity index (χ4n) is 2.38. The molecule has 0 saturated carbocycles. The van der Waals surface area contributed by atoms with Crippen LogP contribution < -0.4 is 15.2 Å². The molecule has 1 aliphatic rings. The Morgan fingerprint density at radius 3 is 2.53 bits per heavy atom. The summed E-state index contributed by atoms with van der Waals surface area (Å²) in [4.78, 5) is 0. The second-order valence-corrected chi connectivity index (χ2v) is 7.46. The minimum absolute atomic E-state index is 0.228. The number of nitrogens with one attached hydrogen (secondary N) is 2. The van der Waals surface area contributed by atoms with Crippen LogP contribution in [-0.4, -0.2) is 20.0 Å². The third kappa shape index (κ3) is 3.54. The smallest absolute Gasteiger partial charge is 0.278 e. The highest BCUT2D eigenvalue weighted by Crippen LogP contribution is 2.30. The molecular weight excluding hydrogens is 262 g/mol. The molecule has 1 aromatic carbocycles. The minimum Gasteiger partial charge on any atom is -0.326 e. The molecule has 0 bridgehead atoms. The van der Waals surface area contributed by atoms with Crippen LogP contribution in [0.2, 0.25) is 0 Å². The van der Waals surface area contributed by atoms with E-state index in [0.717, 1.165) is 11.1 Å². The van der Waals surface area contributed by atoms with E-state index in [0.29, 0.717) is 6.42 Å². The largest absolute Gasteiger partial charge is 0.326 e. The number of hydrogen-bond donors (Lipinski definition) is 3. The highest BCUT2D eigenvalue weighted by molar-refractivity contribution is 7.87. The molecule has 2 unspecified atom stereocenters. The van der Waals surface area contributed by atoms with Crippen molar-refractivity contribution < 1.29 is 8.42 Å². The third-order valence-electron chi connectivity index (χ3n) is 3.00. The van der Waals surface area contributed by atoms with Crippen molar-refractivity contribution in [2.24, 2.45) is 5.73 Å². The van der Waals surface area contributed by atoms with Gasteiger partial charge in [0.15, 0.2) is 0 Å². The van der Waals surface area contributed by atoms with Crippen LogP contribution in [0.15, 0.2) is 24.3 Å². The molecule has 2 atom stereocenters. The monoisotopic (exact) mass is 283 g/mol. The van der Waals surface area contributed by atoms with E-state index >= 15 is 0 Å². The molecule has 6 heteroatoms. The first-order valence-corrected chi connectivity index (χ1v) is 7.81. The predicted octanol–water partition coefficient (Wildman–Crippen LogP) is 0.834. The number of hydrogen-bond acceptors (Lipinski definition) is 3. The van der Waals surface area contributed by atoms with E-state index in [1.807, 2.05) is 24.3 Å². The fourth-order valence-corrected chi connectivity index (χ4v) is 3.88. The highest BCUT2D eigenvalue weighted by Gasteiger charge is 2.33. The van der Waals surface area contributed by atoms with E-state index in [9.17, 15) is 8.42 Å². The van der Waals surface area contributed by atoms with Gasteiger partial charge in [0, 0.05) is 11.6 Å². The number of rotatable bonds is 3. The molecular formula is C13H21N3O2S. The van der Waals surface area contributed by atoms with Crippen LogP contribution in [0.4, 0.5) is 0 Å². The Labute approximate surface area is 114 Å². The van der Waals surface area contributed by atoms with Crippen LogP contribution in [0, 0.1) is 0 Å². The van der Waals surface area contributed by atoms with E-state index in [1.165, 1.54) is 0 Å². The summed E-state index contributed by atoms with van der Waals surface area (Å²) in [6.45, 7) is 5.40. The maximum Gasteiger partial charge on any atom is 0.278 e. The van der Waals surface area contributed by atoms with Crippen LogP contribution in [0.3, 0.4) is 0 Å². The molecule has 2 rings (SSSR count). The quantitative estimate of drug-likeness (QED) is 0.768. The third-order valence-corrected chi connectivity index (χ3v) is 4.44. The van der Waals surface area contributed by atoms with Crippen molar-refractivity contribution in [1.29, 1.82) is 0 Å². The van der Waals surface area contributed by atoms with Crippen molar-refractivity contribution in [2.45, 2.75) is 44.8 Å². The Morgan fingerprint density at radius 1 is 1.26 bits per heavy atom. The van der Waals surface area contributed by atoms with E-state index in [2.05, 4.69) is 9.44 Å². The molecule has 19 heavy (non-hydrogen) atoms. The maximum atomic E-state index is 12.1. The number of benzene rings is 1. The van der Waals surface area contributed by atoms with E-state index < -0.39 is 15.7 Å². The molecule has 0 heterocycles. The summed E-state index contributed by atoms with van der Waals surface area (Å²) in [7, 11) is -3.58. The summed E-state index contributed by atoms with van der Waals surface area (Å²) < 4.78 is 29.4. The molecule has 0 saturated heterocycles. The van der Waals surface area contributed by atoms with Crippen LogP contribution in [0.1, 0.15) is 37.9 Å². The second kappa shape index (κ2) is 4.86. The van der Waals surface area contributed by atoms with Gasteiger partial charge < -0.3 is 5.73 Å². The average Bonchev–Trinajstić information content (AvgIpc) is 2.52. The Balaban J connectivity index is 2.20. The first kappa shape index (κ1) is 14.5. The summed E-state index contributed by atoms with van der Waals surface area (Å²) in [5, 5.41) is 0. The highest BCUT2D eigenvalue weighted by atomic mass is 32.2. The topological polar surface area (TPSA) is 84.2 Å². The summed E-state index contributed by atoms with van der Waals surface area (Å²) in [6, 6.07) is 7.16. The Morgan fingerprint density at radius 2 is 1.89 bits per heavy atom. The van der Waals surface area contributed by atoms with Gasteiger partial charge in [-0.2, -0.15) is 17.9 Å². The molecule has 0 fully saturated rings. The summed E-state index contributed by atoms with van der Waals surface area (Å²) in [5.41, 5.74) is 7.60. The molecule has 1 aliphatic carbocycles. The molecule has 0 spiro atoms. The van der Waals surface area contributed by atoms with Crippen molar-refractivity contribution in [3.63, 3.8) is 0 Å². The lowest BCUT2D eigenvalue weighted by Gasteiger charge is -2.24. The molecule has 5 nitrogen and oxygen atoms in total. The zero-order chi connectivity index (χ0) is 14.3. The molecule has 106 valence electrons. The normalized spacial score (nSPS) is 23.4. The van der Waals surface area contributed by atoms with Gasteiger partial charge in [0.2, 0.25) is 0 Å². The number of fused-ring (bicyclic) bond motifs is 1. The van der Waals surface area contributed by atoms with Crippen LogP contribution in [0.25, 0.3) is 0 Å². The lowest BCUT2D eigenvalue weighted by Crippen LogP contribution is -2.50. The standard InChI is InChI=1S/C13H21N3O2S/c1-13(2,3)16-19(17,18)15-12-10-7-5-4-6-9(10)8-11(12)14/h4-7,11-12,15-16H,8,14H2,1-3H3. The lowest BCUT2D eigenvalue weighted by molar-refractivity contribution is 0.464. The van der Waals surface area contributed by atoms with Crippen molar-refractivity contribution >= 4 is 10.2 Å². The summed E-state index contributed by atoms with van der Waals surface area (Å²) in [5.74, 6) is 0. The Hall–Kier alpha value is -0.950. The van der Waals surface area contributed by atoms with Gasteiger partial charge in [-0.3, -0.25) is 0 Å². The van der Waals surface area contributed by atoms with Gasteiger partial charge in [0.25, 0.3) is 10.2 Å². The van der Waals surface area contributed by atoms with Crippen LogP contribution in [0.5, 0.6) is 0 Å². The van der Waals surface area contributed by atoms with Gasteiger partial charge in [-0.05, 0) is 38.3 Å². The summed E-state index contributed by atoms with van der Waals surface area (Å²) in [6.07, 6.45) is 0.693. The summed E-state index contributed by atoms with van der Waals surface area (Å²) >= 11 is 0. The molecule has 0 aromatic heterocycles. The van der Waals surface area contributed by atoms with Crippen LogP contribution in [-0.2, 0) is 16.6 Å². The first-order chi connectivity index (χ1) is 8.68. The van der Waals surface area contributed by atoms with E-state index in [1.54, 1.807) is 20.8 Å². The average molecular weight is 283 g/mol. The predicted molar refractivity (Wildman–Crippen MR) is 75.8 cm³/mol. The van der Waals surface area contributed by atoms with E-state index in [4.69, 9.17) is 5.73 Å². The van der Waals surface area contributed by atoms with Gasteiger partial charge in [0.05, 0.1) is 6.04 Å². The van der Waals surface area contributed by atoms with Crippen LogP contribution >= 0.6 is 0 Å². The molecule has 0 amide bonds. The molecule has 4 N–H and O–H groups in total. The zero-order valence-electron chi connectivity index (χ0n) is 11.5. The number of nitrogens with two attached hydrogens (primary N) is 1. The van der Waals surface area contributed by atoms with E-state index in [-0.39, 0.29) is 12.1 Å². The Bertz CT molecular complexity index is 563. The lowest BCUT2D eigenvalue weighted by atomic mass is 10.1. The fraction of sp³-hybridized carbons (Fsp3) is 0.538.